The zero-order valence-electron chi connectivity index (χ0n) is 21.7. The van der Waals surface area contributed by atoms with Crippen molar-refractivity contribution in [3.05, 3.63) is 95.3 Å². The normalized spacial score (nSPS) is 21.9. The number of rotatable bonds is 7. The SMILES string of the molecule is CC1(c2ccc([C@@H](NC(=O)[C@@H]3C[C@@H](F)CN3C(=O)CN3N[NH2+]c4ccccc43)c3ccccc3)cc2F)CC1. The Morgan fingerprint density at radius 2 is 1.82 bits per heavy atom. The predicted molar refractivity (Wildman–Crippen MR) is 143 cm³/mol. The van der Waals surface area contributed by atoms with Crippen LogP contribution in [0, 0.1) is 5.82 Å². The van der Waals surface area contributed by atoms with Crippen LogP contribution in [0.3, 0.4) is 0 Å². The predicted octanol–water partition coefficient (Wildman–Crippen LogP) is 3.16. The summed E-state index contributed by atoms with van der Waals surface area (Å²) < 4.78 is 29.8. The molecule has 0 unspecified atom stereocenters. The molecular weight excluding hydrogens is 500 g/mol. The van der Waals surface area contributed by atoms with E-state index < -0.39 is 24.2 Å². The number of fused-ring (bicyclic) bond motifs is 1. The summed E-state index contributed by atoms with van der Waals surface area (Å²) in [5.74, 6) is -1.10. The van der Waals surface area contributed by atoms with Gasteiger partial charge in [-0.2, -0.15) is 0 Å². The van der Waals surface area contributed by atoms with Gasteiger partial charge in [0.05, 0.1) is 12.6 Å². The second-order valence-electron chi connectivity index (χ2n) is 11.0. The molecule has 0 spiro atoms. The third kappa shape index (κ3) is 4.99. The molecule has 7 nitrogen and oxygen atoms in total. The van der Waals surface area contributed by atoms with Gasteiger partial charge in [-0.05, 0) is 47.1 Å². The van der Waals surface area contributed by atoms with Gasteiger partial charge in [-0.25, -0.2) is 19.2 Å². The van der Waals surface area contributed by atoms with Crippen LogP contribution < -0.4 is 21.3 Å². The molecule has 3 aromatic rings. The van der Waals surface area contributed by atoms with E-state index in [1.165, 1.54) is 11.0 Å². The fourth-order valence-electron chi connectivity index (χ4n) is 5.64. The van der Waals surface area contributed by atoms with Gasteiger partial charge in [0.25, 0.3) is 0 Å². The number of carbonyl (C=O) groups excluding carboxylic acids is 2. The van der Waals surface area contributed by atoms with Gasteiger partial charge in [0.15, 0.2) is 5.69 Å². The van der Waals surface area contributed by atoms with Gasteiger partial charge < -0.3 is 10.2 Å². The lowest BCUT2D eigenvalue weighted by Gasteiger charge is -2.28. The highest BCUT2D eigenvalue weighted by molar-refractivity contribution is 5.91. The number of para-hydroxylation sites is 2. The van der Waals surface area contributed by atoms with Gasteiger partial charge in [-0.1, -0.05) is 67.1 Å². The van der Waals surface area contributed by atoms with Gasteiger partial charge in [0.1, 0.15) is 30.3 Å². The van der Waals surface area contributed by atoms with E-state index in [2.05, 4.69) is 17.8 Å². The molecule has 3 aromatic carbocycles. The number of likely N-dealkylation sites (tertiary alicyclic amines) is 1. The fraction of sp³-hybridized carbons (Fsp3) is 0.333. The molecule has 9 heteroatoms. The summed E-state index contributed by atoms with van der Waals surface area (Å²) in [4.78, 5) is 28.3. The Hall–Kier alpha value is -3.82. The highest BCUT2D eigenvalue weighted by Gasteiger charge is 2.43. The summed E-state index contributed by atoms with van der Waals surface area (Å²) in [5, 5.41) is 4.70. The quantitative estimate of drug-likeness (QED) is 0.323. The molecule has 0 bridgehead atoms. The maximum Gasteiger partial charge on any atom is 0.244 e. The van der Waals surface area contributed by atoms with Crippen molar-refractivity contribution in [3.63, 3.8) is 0 Å². The van der Waals surface area contributed by atoms with Crippen LogP contribution in [-0.4, -0.2) is 42.0 Å². The van der Waals surface area contributed by atoms with Gasteiger partial charge in [0, 0.05) is 12.5 Å². The largest absolute Gasteiger partial charge is 0.343 e. The van der Waals surface area contributed by atoms with Gasteiger partial charge >= 0.3 is 0 Å². The first kappa shape index (κ1) is 25.5. The minimum Gasteiger partial charge on any atom is -0.343 e. The average Bonchev–Trinajstić information content (AvgIpc) is 3.36. The number of amides is 2. The van der Waals surface area contributed by atoms with Crippen molar-refractivity contribution in [2.75, 3.05) is 18.1 Å². The van der Waals surface area contributed by atoms with Crippen LogP contribution >= 0.6 is 0 Å². The third-order valence-electron chi connectivity index (χ3n) is 8.17. The number of alkyl halides is 1. The van der Waals surface area contributed by atoms with Crippen molar-refractivity contribution in [2.45, 2.75) is 49.9 Å². The summed E-state index contributed by atoms with van der Waals surface area (Å²) in [6.07, 6.45) is 0.519. The molecule has 6 rings (SSSR count). The topological polar surface area (TPSA) is 81.3 Å². The van der Waals surface area contributed by atoms with E-state index >= 15 is 4.39 Å². The lowest BCUT2D eigenvalue weighted by molar-refractivity contribution is -0.625. The third-order valence-corrected chi connectivity index (χ3v) is 8.17. The fourth-order valence-corrected chi connectivity index (χ4v) is 5.64. The number of halogens is 2. The van der Waals surface area contributed by atoms with Crippen LogP contribution in [0.15, 0.2) is 72.8 Å². The number of nitrogens with zero attached hydrogens (tertiary/aromatic N) is 2. The molecule has 2 aliphatic heterocycles. The maximum absolute atomic E-state index is 15.2. The molecule has 4 N–H and O–H groups in total. The Kier molecular flexibility index (Phi) is 6.56. The lowest BCUT2D eigenvalue weighted by atomic mass is 9.92. The smallest absolute Gasteiger partial charge is 0.244 e. The second-order valence-corrected chi connectivity index (χ2v) is 11.0. The first-order valence-electron chi connectivity index (χ1n) is 13.4. The molecule has 0 aromatic heterocycles. The molecule has 0 radical (unpaired) electrons. The number of anilines is 1. The molecule has 1 saturated carbocycles. The zero-order chi connectivity index (χ0) is 27.1. The van der Waals surface area contributed by atoms with E-state index in [-0.39, 0.29) is 36.6 Å². The molecule has 3 aliphatic rings. The van der Waals surface area contributed by atoms with Crippen LogP contribution in [0.1, 0.15) is 48.9 Å². The first-order valence-corrected chi connectivity index (χ1v) is 13.4. The van der Waals surface area contributed by atoms with E-state index in [9.17, 15) is 14.0 Å². The van der Waals surface area contributed by atoms with Crippen LogP contribution in [0.4, 0.5) is 20.2 Å². The maximum atomic E-state index is 15.2. The monoisotopic (exact) mass is 532 g/mol. The zero-order valence-corrected chi connectivity index (χ0v) is 21.7. The molecule has 2 fully saturated rings. The number of quaternary nitrogens is 1. The molecule has 3 atom stereocenters. The van der Waals surface area contributed by atoms with Crippen LogP contribution in [0.25, 0.3) is 0 Å². The van der Waals surface area contributed by atoms with Gasteiger partial charge in [-0.3, -0.25) is 9.59 Å². The lowest BCUT2D eigenvalue weighted by Crippen LogP contribution is -2.88. The van der Waals surface area contributed by atoms with Crippen molar-refractivity contribution < 1.29 is 23.8 Å². The molecule has 202 valence electrons. The van der Waals surface area contributed by atoms with Crippen molar-refractivity contribution in [3.8, 4) is 0 Å². The Morgan fingerprint density at radius 1 is 1.08 bits per heavy atom. The van der Waals surface area contributed by atoms with Crippen LogP contribution in [0.5, 0.6) is 0 Å². The van der Waals surface area contributed by atoms with Crippen molar-refractivity contribution in [1.29, 1.82) is 0 Å². The van der Waals surface area contributed by atoms with E-state index in [1.807, 2.05) is 60.7 Å². The summed E-state index contributed by atoms with van der Waals surface area (Å²) in [7, 11) is 0. The van der Waals surface area contributed by atoms with Crippen LogP contribution in [0.2, 0.25) is 0 Å². The highest BCUT2D eigenvalue weighted by Crippen LogP contribution is 2.48. The summed E-state index contributed by atoms with van der Waals surface area (Å²) in [6, 6.07) is 20.4. The Bertz CT molecular complexity index is 1400. The minimum atomic E-state index is -1.30. The Labute approximate surface area is 226 Å². The Morgan fingerprint density at radius 3 is 2.56 bits per heavy atom. The average molecular weight is 533 g/mol. The van der Waals surface area contributed by atoms with Gasteiger partial charge in [0.2, 0.25) is 11.8 Å². The number of hydrogen-bond acceptors (Lipinski definition) is 4. The number of hydrogen-bond donors (Lipinski definition) is 3. The van der Waals surface area contributed by atoms with Crippen molar-refractivity contribution in [2.24, 2.45) is 0 Å². The highest BCUT2D eigenvalue weighted by atomic mass is 19.1. The van der Waals surface area contributed by atoms with E-state index in [4.69, 9.17) is 0 Å². The molecule has 2 amide bonds. The van der Waals surface area contributed by atoms with E-state index in [0.29, 0.717) is 11.1 Å². The summed E-state index contributed by atoms with van der Waals surface area (Å²) in [6.45, 7) is 1.86. The molecule has 39 heavy (non-hydrogen) atoms. The second kappa shape index (κ2) is 10.1. The summed E-state index contributed by atoms with van der Waals surface area (Å²) in [5.41, 5.74) is 8.59. The summed E-state index contributed by atoms with van der Waals surface area (Å²) >= 11 is 0. The molecule has 2 heterocycles. The number of carbonyl (C=O) groups is 2. The van der Waals surface area contributed by atoms with Crippen LogP contribution in [-0.2, 0) is 15.0 Å². The molecule has 1 saturated heterocycles. The Balaban J connectivity index is 1.22. The number of nitrogens with one attached hydrogen (secondary N) is 2. The number of benzene rings is 3. The number of nitrogens with two attached hydrogens (primary N) is 1. The van der Waals surface area contributed by atoms with E-state index in [0.717, 1.165) is 29.8 Å². The van der Waals surface area contributed by atoms with Crippen molar-refractivity contribution in [1.82, 2.24) is 15.8 Å². The van der Waals surface area contributed by atoms with Gasteiger partial charge in [-0.15, -0.1) is 0 Å². The number of hydrazine groups is 1. The standard InChI is InChI=1S/C30H31F2N5O2/c1-30(13-14-30)22-12-11-20(15-23(22)32)28(19-7-3-2-4-8-19)33-29(39)26-16-21(31)17-36(26)27(38)18-37-25-10-6-5-9-24(25)34-35-37/h2-12,15,21,26,28,34-35H,13-14,16-18H2,1H3,(H,33,39)/p+1/t21-,26+,28+/m1/s1. The molecule has 1 aliphatic carbocycles. The first-order chi connectivity index (χ1) is 18.8. The van der Waals surface area contributed by atoms with E-state index in [1.54, 1.807) is 16.5 Å². The van der Waals surface area contributed by atoms with Crippen molar-refractivity contribution >= 4 is 23.2 Å². The minimum absolute atomic E-state index is 0.0441. The molecular formula is C30H32F2N5O2+.